The molecule has 17 heavy (non-hydrogen) atoms. The van der Waals surface area contributed by atoms with E-state index in [1.54, 1.807) is 0 Å². The highest BCUT2D eigenvalue weighted by atomic mass is 16.3. The van der Waals surface area contributed by atoms with Crippen LogP contribution in [0.4, 0.5) is 0 Å². The molecule has 0 saturated heterocycles. The summed E-state index contributed by atoms with van der Waals surface area (Å²) in [6, 6.07) is 0. The van der Waals surface area contributed by atoms with Gasteiger partial charge in [0.1, 0.15) is 5.78 Å². The van der Waals surface area contributed by atoms with Crippen molar-refractivity contribution in [3.05, 3.63) is 0 Å². The summed E-state index contributed by atoms with van der Waals surface area (Å²) in [6.45, 7) is 8.89. The second-order valence-corrected chi connectivity index (χ2v) is 7.77. The molecule has 3 aliphatic rings. The highest BCUT2D eigenvalue weighted by molar-refractivity contribution is 5.87. The van der Waals surface area contributed by atoms with Crippen molar-refractivity contribution < 1.29 is 9.90 Å². The molecule has 1 N–H and O–H groups in total. The van der Waals surface area contributed by atoms with Crippen LogP contribution < -0.4 is 0 Å². The molecule has 3 rings (SSSR count). The summed E-state index contributed by atoms with van der Waals surface area (Å²) in [5.41, 5.74) is -0.0191. The van der Waals surface area contributed by atoms with E-state index in [1.165, 1.54) is 6.42 Å². The molecule has 3 aliphatic carbocycles. The Morgan fingerprint density at radius 1 is 1.12 bits per heavy atom. The number of hydrogen-bond acceptors (Lipinski definition) is 2. The Labute approximate surface area is 104 Å². The molecule has 0 aromatic rings. The maximum absolute atomic E-state index is 12.3. The van der Waals surface area contributed by atoms with E-state index in [0.29, 0.717) is 12.2 Å². The van der Waals surface area contributed by atoms with Gasteiger partial charge in [0.05, 0.1) is 6.10 Å². The van der Waals surface area contributed by atoms with Gasteiger partial charge in [0.25, 0.3) is 0 Å². The predicted octanol–water partition coefficient (Wildman–Crippen LogP) is 2.79. The van der Waals surface area contributed by atoms with E-state index in [0.717, 1.165) is 12.8 Å². The standard InChI is InChI=1S/C15H24O2/c1-13(2)6-5-7-14(3)10-9(16)8-15(14,4)12(17)11(10)13/h10-12,17H,5-8H2,1-4H3/t10?,11-,12+,14+,15+/m1/s1. The fourth-order valence-electron chi connectivity index (χ4n) is 5.40. The zero-order chi connectivity index (χ0) is 12.6. The largest absolute Gasteiger partial charge is 0.392 e. The third-order valence-corrected chi connectivity index (χ3v) is 6.65. The normalized spacial score (nSPS) is 56.1. The second-order valence-electron chi connectivity index (χ2n) is 7.77. The van der Waals surface area contributed by atoms with Gasteiger partial charge in [-0.2, -0.15) is 0 Å². The molecule has 0 amide bonds. The molecule has 3 saturated carbocycles. The van der Waals surface area contributed by atoms with Crippen LogP contribution >= 0.6 is 0 Å². The van der Waals surface area contributed by atoms with E-state index in [2.05, 4.69) is 27.7 Å². The summed E-state index contributed by atoms with van der Waals surface area (Å²) < 4.78 is 0. The highest BCUT2D eigenvalue weighted by Gasteiger charge is 2.73. The van der Waals surface area contributed by atoms with Crippen LogP contribution in [0, 0.1) is 28.1 Å². The van der Waals surface area contributed by atoms with Gasteiger partial charge in [-0.25, -0.2) is 0 Å². The van der Waals surface area contributed by atoms with Gasteiger partial charge >= 0.3 is 0 Å². The van der Waals surface area contributed by atoms with Gasteiger partial charge in [0, 0.05) is 23.7 Å². The molecule has 4 bridgehead atoms. The van der Waals surface area contributed by atoms with Crippen LogP contribution in [0.5, 0.6) is 0 Å². The zero-order valence-electron chi connectivity index (χ0n) is 11.4. The van der Waals surface area contributed by atoms with Crippen molar-refractivity contribution in [1.82, 2.24) is 0 Å². The van der Waals surface area contributed by atoms with Crippen molar-refractivity contribution in [3.8, 4) is 0 Å². The molecule has 0 aliphatic heterocycles. The van der Waals surface area contributed by atoms with Crippen molar-refractivity contribution in [2.24, 2.45) is 28.1 Å². The van der Waals surface area contributed by atoms with E-state index in [9.17, 15) is 9.90 Å². The lowest BCUT2D eigenvalue weighted by Crippen LogP contribution is -2.45. The Morgan fingerprint density at radius 2 is 1.76 bits per heavy atom. The number of aliphatic hydroxyl groups excluding tert-OH is 1. The number of aliphatic hydroxyl groups is 1. The van der Waals surface area contributed by atoms with E-state index < -0.39 is 0 Å². The first-order valence-electron chi connectivity index (χ1n) is 6.95. The lowest BCUT2D eigenvalue weighted by molar-refractivity contribution is -0.132. The van der Waals surface area contributed by atoms with Crippen LogP contribution in [0.1, 0.15) is 53.4 Å². The van der Waals surface area contributed by atoms with E-state index >= 15 is 0 Å². The van der Waals surface area contributed by atoms with Crippen molar-refractivity contribution in [2.75, 3.05) is 0 Å². The SMILES string of the molecule is CC1(C)CCC[C@@]2(C)C3C(=O)C[C@@]2(C)[C@@H](O)[C@@H]31. The third kappa shape index (κ3) is 1.09. The number of hydrogen-bond donors (Lipinski definition) is 1. The minimum atomic E-state index is -0.287. The zero-order valence-corrected chi connectivity index (χ0v) is 11.4. The van der Waals surface area contributed by atoms with E-state index in [4.69, 9.17) is 0 Å². The van der Waals surface area contributed by atoms with Gasteiger partial charge in [-0.3, -0.25) is 4.79 Å². The average Bonchev–Trinajstić information content (AvgIpc) is 2.44. The number of rotatable bonds is 0. The molecule has 5 atom stereocenters. The van der Waals surface area contributed by atoms with Gasteiger partial charge in [-0.15, -0.1) is 0 Å². The molecule has 0 spiro atoms. The first-order chi connectivity index (χ1) is 7.74. The fraction of sp³-hybridized carbons (Fsp3) is 0.933. The van der Waals surface area contributed by atoms with Gasteiger partial charge in [0.2, 0.25) is 0 Å². The van der Waals surface area contributed by atoms with Crippen LogP contribution in [0.15, 0.2) is 0 Å². The van der Waals surface area contributed by atoms with Crippen molar-refractivity contribution in [3.63, 3.8) is 0 Å². The van der Waals surface area contributed by atoms with Gasteiger partial charge in [-0.05, 0) is 23.7 Å². The number of carbonyl (C=O) groups excluding carboxylic acids is 1. The summed E-state index contributed by atoms with van der Waals surface area (Å²) in [4.78, 5) is 12.3. The summed E-state index contributed by atoms with van der Waals surface area (Å²) in [5, 5.41) is 10.7. The summed E-state index contributed by atoms with van der Waals surface area (Å²) in [5.74, 6) is 0.710. The lowest BCUT2D eigenvalue weighted by Gasteiger charge is -2.44. The van der Waals surface area contributed by atoms with Crippen molar-refractivity contribution >= 4 is 5.78 Å². The minimum Gasteiger partial charge on any atom is -0.392 e. The fourth-order valence-corrected chi connectivity index (χ4v) is 5.40. The lowest BCUT2D eigenvalue weighted by atomic mass is 9.63. The Hall–Kier alpha value is -0.370. The molecule has 3 fully saturated rings. The second kappa shape index (κ2) is 2.96. The predicted molar refractivity (Wildman–Crippen MR) is 66.5 cm³/mol. The Balaban J connectivity index is 2.19. The monoisotopic (exact) mass is 236 g/mol. The summed E-state index contributed by atoms with van der Waals surface area (Å²) >= 11 is 0. The highest BCUT2D eigenvalue weighted by Crippen LogP contribution is 2.72. The van der Waals surface area contributed by atoms with E-state index in [1.807, 2.05) is 0 Å². The average molecular weight is 236 g/mol. The van der Waals surface area contributed by atoms with Crippen LogP contribution in [0.3, 0.4) is 0 Å². The first-order valence-corrected chi connectivity index (χ1v) is 6.95. The molecule has 0 radical (unpaired) electrons. The number of ketones is 1. The van der Waals surface area contributed by atoms with Crippen LogP contribution in [0.25, 0.3) is 0 Å². The smallest absolute Gasteiger partial charge is 0.137 e. The molecule has 0 heterocycles. The maximum Gasteiger partial charge on any atom is 0.137 e. The Kier molecular flexibility index (Phi) is 2.04. The summed E-state index contributed by atoms with van der Waals surface area (Å²) in [6.07, 6.45) is 3.76. The summed E-state index contributed by atoms with van der Waals surface area (Å²) in [7, 11) is 0. The van der Waals surface area contributed by atoms with E-state index in [-0.39, 0.29) is 34.2 Å². The quantitative estimate of drug-likeness (QED) is 0.702. The molecule has 1 unspecified atom stereocenters. The molecule has 2 nitrogen and oxygen atoms in total. The van der Waals surface area contributed by atoms with Crippen LogP contribution in [0.2, 0.25) is 0 Å². The third-order valence-electron chi connectivity index (χ3n) is 6.65. The van der Waals surface area contributed by atoms with Gasteiger partial charge in [-0.1, -0.05) is 34.1 Å². The molecule has 0 aromatic carbocycles. The van der Waals surface area contributed by atoms with Gasteiger partial charge < -0.3 is 5.11 Å². The molecular formula is C15H24O2. The minimum absolute atomic E-state index is 0.0436. The molecule has 96 valence electrons. The molecule has 2 heteroatoms. The first kappa shape index (κ1) is 11.7. The topological polar surface area (TPSA) is 37.3 Å². The number of Topliss-reactive ketones (excluding diaryl/α,β-unsaturated/α-hetero) is 1. The molecular weight excluding hydrogens is 212 g/mol. The van der Waals surface area contributed by atoms with Crippen LogP contribution in [-0.4, -0.2) is 17.0 Å². The van der Waals surface area contributed by atoms with Crippen molar-refractivity contribution in [1.29, 1.82) is 0 Å². The maximum atomic E-state index is 12.3. The van der Waals surface area contributed by atoms with Crippen LogP contribution in [-0.2, 0) is 4.79 Å². The Morgan fingerprint density at radius 3 is 2.41 bits per heavy atom. The number of carbonyl (C=O) groups is 1. The molecule has 0 aromatic heterocycles. The Bertz CT molecular complexity index is 386. The van der Waals surface area contributed by atoms with Crippen molar-refractivity contribution in [2.45, 2.75) is 59.5 Å². The van der Waals surface area contributed by atoms with Gasteiger partial charge in [0.15, 0.2) is 0 Å².